The summed E-state index contributed by atoms with van der Waals surface area (Å²) < 4.78 is 61.2. The van der Waals surface area contributed by atoms with Crippen LogP contribution in [0.25, 0.3) is 34.0 Å². The van der Waals surface area contributed by atoms with Gasteiger partial charge in [-0.3, -0.25) is 0 Å². The number of nitrogens with zero attached hydrogens (tertiary/aromatic N) is 3. The van der Waals surface area contributed by atoms with Crippen molar-refractivity contribution in [2.24, 2.45) is 0 Å². The molecule has 0 atom stereocenters. The molecule has 0 saturated carbocycles. The summed E-state index contributed by atoms with van der Waals surface area (Å²) >= 11 is 0. The number of rotatable bonds is 16. The van der Waals surface area contributed by atoms with Gasteiger partial charge in [0.05, 0.1) is 6.04 Å². The zero-order valence-electron chi connectivity index (χ0n) is 30.8. The minimum Gasteiger partial charge on any atom is -0.404 e. The van der Waals surface area contributed by atoms with Crippen molar-refractivity contribution in [3.05, 3.63) is 81.5 Å². The van der Waals surface area contributed by atoms with Gasteiger partial charge >= 0.3 is 11.9 Å². The minimum absolute atomic E-state index is 0.365. The van der Waals surface area contributed by atoms with E-state index in [1.54, 1.807) is 38.1 Å². The molecule has 0 aliphatic carbocycles. The van der Waals surface area contributed by atoms with Crippen molar-refractivity contribution in [3.63, 3.8) is 0 Å². The first-order chi connectivity index (χ1) is 24.4. The Kier molecular flexibility index (Phi) is 13.2. The third-order valence-electron chi connectivity index (χ3n) is 7.82. The van der Waals surface area contributed by atoms with Crippen LogP contribution in [-0.2, 0) is 52.1 Å². The van der Waals surface area contributed by atoms with Gasteiger partial charge in [0.15, 0.2) is 0 Å². The van der Waals surface area contributed by atoms with E-state index in [1.807, 2.05) is 57.6 Å². The molecule has 0 saturated heterocycles. The van der Waals surface area contributed by atoms with E-state index < -0.39 is 49.2 Å². The van der Waals surface area contributed by atoms with Crippen molar-refractivity contribution in [1.82, 2.24) is 29.0 Å². The zero-order chi connectivity index (χ0) is 38.4. The number of hydrogen-bond donors (Lipinski definition) is 3. The molecule has 4 rings (SSSR count). The largest absolute Gasteiger partial charge is 0.437 e. The molecule has 2 aromatic heterocycles. The van der Waals surface area contributed by atoms with Gasteiger partial charge < -0.3 is 29.3 Å². The second-order valence-electron chi connectivity index (χ2n) is 13.5. The van der Waals surface area contributed by atoms with Gasteiger partial charge in [-0.1, -0.05) is 12.1 Å². The molecule has 0 aliphatic rings. The van der Waals surface area contributed by atoms with E-state index in [1.165, 1.54) is 19.9 Å². The van der Waals surface area contributed by atoms with Gasteiger partial charge in [0.1, 0.15) is 0 Å². The molecular formula is C36H48N6O8S2. The van der Waals surface area contributed by atoms with Gasteiger partial charge in [-0.05, 0) is 126 Å². The summed E-state index contributed by atoms with van der Waals surface area (Å²) in [5.41, 5.74) is 4.77. The Hall–Kier alpha value is -4.32. The molecule has 3 N–H and O–H groups in total. The number of hydroxylamine groups is 1. The topological polar surface area (TPSA) is 174 Å². The summed E-state index contributed by atoms with van der Waals surface area (Å²) in [4.78, 5) is 41.6. The van der Waals surface area contributed by atoms with E-state index in [4.69, 9.17) is 9.57 Å². The van der Waals surface area contributed by atoms with Crippen molar-refractivity contribution in [2.45, 2.75) is 52.6 Å². The Labute approximate surface area is 305 Å². The van der Waals surface area contributed by atoms with E-state index in [9.17, 15) is 26.4 Å². The first kappa shape index (κ1) is 40.5. The second kappa shape index (κ2) is 17.0. The average Bonchev–Trinajstić information content (AvgIpc) is 3.66. The van der Waals surface area contributed by atoms with Crippen LogP contribution in [0.4, 0.5) is 0 Å². The quantitative estimate of drug-likeness (QED) is 0.0651. The molecule has 2 heterocycles. The number of sulfonamides is 2. The summed E-state index contributed by atoms with van der Waals surface area (Å²) in [6, 6.07) is 9.04. The fraction of sp³-hybridized carbons (Fsp3) is 0.389. The van der Waals surface area contributed by atoms with Gasteiger partial charge in [-0.25, -0.2) is 31.1 Å². The summed E-state index contributed by atoms with van der Waals surface area (Å²) in [6.07, 6.45) is 7.79. The first-order valence-electron chi connectivity index (χ1n) is 16.8. The summed E-state index contributed by atoms with van der Waals surface area (Å²) in [5, 5.41) is 1.79. The van der Waals surface area contributed by atoms with Gasteiger partial charge in [-0.15, -0.1) is 0 Å². The summed E-state index contributed by atoms with van der Waals surface area (Å²) in [5.74, 6) is -3.47. The molecule has 0 spiro atoms. The molecule has 282 valence electrons. The van der Waals surface area contributed by atoms with E-state index in [0.29, 0.717) is 15.6 Å². The second-order valence-corrected chi connectivity index (χ2v) is 16.9. The Balaban J connectivity index is 1.56. The molecule has 0 fully saturated rings. The van der Waals surface area contributed by atoms with E-state index >= 15 is 0 Å². The van der Waals surface area contributed by atoms with Crippen LogP contribution in [0, 0.1) is 0 Å². The number of fused-ring (bicyclic) bond motifs is 2. The molecule has 0 amide bonds. The number of esters is 1. The molecule has 52 heavy (non-hydrogen) atoms. The third-order valence-corrected chi connectivity index (χ3v) is 10.8. The molecule has 0 bridgehead atoms. The van der Waals surface area contributed by atoms with Crippen LogP contribution >= 0.6 is 0 Å². The van der Waals surface area contributed by atoms with E-state index in [2.05, 4.69) is 19.6 Å². The highest BCUT2D eigenvalue weighted by atomic mass is 32.2. The normalized spacial score (nSPS) is 13.2. The Morgan fingerprint density at radius 1 is 0.788 bits per heavy atom. The van der Waals surface area contributed by atoms with Crippen LogP contribution in [0.2, 0.25) is 0 Å². The zero-order valence-corrected chi connectivity index (χ0v) is 32.4. The summed E-state index contributed by atoms with van der Waals surface area (Å²) in [6.45, 7) is 7.65. The number of carbonyl (C=O) groups is 2. The SMILES string of the molecule is CC(C)NS(=O)(=O)/C(=C/c1ccc2[nH]cc(CCN(C)C)c2c1)OC(=O)C(=O)ON(C(C)C)S(=O)(=O)/C=C/c1ccc2[nH]cc(CCN(C)C)c2c1. The Bertz CT molecular complexity index is 2180. The lowest BCUT2D eigenvalue weighted by atomic mass is 10.1. The van der Waals surface area contributed by atoms with Crippen LogP contribution in [0.3, 0.4) is 0 Å². The number of carbonyl (C=O) groups excluding carboxylic acids is 2. The molecule has 0 aliphatic heterocycles. The van der Waals surface area contributed by atoms with Crippen molar-refractivity contribution < 1.29 is 36.0 Å². The number of likely N-dealkylation sites (N-methyl/N-ethyl adjacent to an activating group) is 2. The number of aromatic nitrogens is 2. The van der Waals surface area contributed by atoms with Gasteiger partial charge in [0.25, 0.3) is 20.0 Å². The third kappa shape index (κ3) is 10.6. The van der Waals surface area contributed by atoms with Crippen molar-refractivity contribution in [1.29, 1.82) is 0 Å². The van der Waals surface area contributed by atoms with Gasteiger partial charge in [0, 0.05) is 64.8 Å². The standard InChI is InChI=1S/C36H48N6O8S2/c1-24(2)39-52(47,48)34(21-27-10-12-33-31(20-27)29(23-38-33)14-17-41(7)8)49-35(43)36(44)50-42(25(3)4)51(45,46)18-15-26-9-11-32-30(19-26)28(22-37-32)13-16-40(5)6/h9-12,15,18-25,37-39H,13-14,16-17H2,1-8H3/b18-15+,34-21+. The van der Waals surface area contributed by atoms with E-state index in [0.717, 1.165) is 70.3 Å². The fourth-order valence-electron chi connectivity index (χ4n) is 5.28. The maximum absolute atomic E-state index is 13.4. The summed E-state index contributed by atoms with van der Waals surface area (Å²) in [7, 11) is -1.01. The van der Waals surface area contributed by atoms with Crippen LogP contribution in [0.5, 0.6) is 0 Å². The molecule has 0 radical (unpaired) electrons. The average molecular weight is 757 g/mol. The minimum atomic E-state index is -4.46. The lowest BCUT2D eigenvalue weighted by Gasteiger charge is -2.22. The number of benzene rings is 2. The number of aromatic amines is 2. The molecule has 16 heteroatoms. The molecular weight excluding hydrogens is 709 g/mol. The number of H-pyrrole nitrogens is 2. The van der Waals surface area contributed by atoms with Crippen LogP contribution < -0.4 is 4.72 Å². The maximum atomic E-state index is 13.4. The maximum Gasteiger partial charge on any atom is 0.437 e. The van der Waals surface area contributed by atoms with Gasteiger partial charge in [0.2, 0.25) is 5.09 Å². The van der Waals surface area contributed by atoms with E-state index in [-0.39, 0.29) is 0 Å². The van der Waals surface area contributed by atoms with Crippen molar-refractivity contribution in [3.8, 4) is 0 Å². The fourth-order valence-corrected chi connectivity index (χ4v) is 7.70. The highest BCUT2D eigenvalue weighted by Crippen LogP contribution is 2.25. The predicted octanol–water partition coefficient (Wildman–Crippen LogP) is 4.20. The first-order valence-corrected chi connectivity index (χ1v) is 19.7. The molecule has 2 aromatic carbocycles. The highest BCUT2D eigenvalue weighted by molar-refractivity contribution is 7.93. The van der Waals surface area contributed by atoms with Gasteiger partial charge in [-0.2, -0.15) is 0 Å². The number of hydrogen-bond acceptors (Lipinski definition) is 10. The monoisotopic (exact) mass is 756 g/mol. The predicted molar refractivity (Wildman–Crippen MR) is 203 cm³/mol. The lowest BCUT2D eigenvalue weighted by molar-refractivity contribution is -0.185. The van der Waals surface area contributed by atoms with Crippen molar-refractivity contribution >= 4 is 65.9 Å². The van der Waals surface area contributed by atoms with Crippen LogP contribution in [0.1, 0.15) is 49.9 Å². The van der Waals surface area contributed by atoms with Crippen molar-refractivity contribution in [2.75, 3.05) is 41.3 Å². The van der Waals surface area contributed by atoms with Crippen LogP contribution in [-0.4, -0.2) is 106 Å². The smallest absolute Gasteiger partial charge is 0.404 e. The number of nitrogens with one attached hydrogen (secondary N) is 3. The Morgan fingerprint density at radius 2 is 1.31 bits per heavy atom. The highest BCUT2D eigenvalue weighted by Gasteiger charge is 2.33. The Morgan fingerprint density at radius 3 is 1.81 bits per heavy atom. The van der Waals surface area contributed by atoms with Crippen LogP contribution in [0.15, 0.2) is 59.3 Å². The number of ether oxygens (including phenoxy) is 1. The molecule has 14 nitrogen and oxygen atoms in total. The lowest BCUT2D eigenvalue weighted by Crippen LogP contribution is -2.40. The molecule has 0 unspecified atom stereocenters. The molecule has 4 aromatic rings.